The van der Waals surface area contributed by atoms with E-state index in [9.17, 15) is 9.59 Å². The fourth-order valence-corrected chi connectivity index (χ4v) is 4.94. The van der Waals surface area contributed by atoms with Crippen LogP contribution in [0.1, 0.15) is 24.5 Å². The number of carbonyl (C=O) groups is 1. The van der Waals surface area contributed by atoms with E-state index in [0.717, 1.165) is 35.0 Å². The summed E-state index contributed by atoms with van der Waals surface area (Å²) in [6.45, 7) is 1.31. The minimum absolute atomic E-state index is 0.0117. The molecule has 4 aromatic rings. The summed E-state index contributed by atoms with van der Waals surface area (Å²) in [6, 6.07) is 11.6. The largest absolute Gasteiger partial charge is 0.347 e. The van der Waals surface area contributed by atoms with Crippen molar-refractivity contribution in [1.82, 2.24) is 23.8 Å². The number of anilines is 2. The molecule has 8 nitrogen and oxygen atoms in total. The van der Waals surface area contributed by atoms with Crippen LogP contribution in [0.3, 0.4) is 0 Å². The maximum absolute atomic E-state index is 12.9. The first-order chi connectivity index (χ1) is 15.2. The first-order valence-electron chi connectivity index (χ1n) is 10.3. The third kappa shape index (κ3) is 3.96. The standard InChI is InChI=1S/C22H22N6O2S/c29-18(15-27-11-5-9-23-22(27)30)26-10-4-6-16(14-26)19-20-28(12-13-31-20)21(25-19)24-17-7-2-1-3-8-17/h1-3,5,7-9,11-13,16H,4,6,10,14-15H2,(H,24,25)/t16-/m1/s1. The smallest absolute Gasteiger partial charge is 0.340 e. The Labute approximate surface area is 182 Å². The van der Waals surface area contributed by atoms with Crippen LogP contribution in [0, 0.1) is 0 Å². The van der Waals surface area contributed by atoms with E-state index >= 15 is 0 Å². The van der Waals surface area contributed by atoms with Gasteiger partial charge in [-0.05, 0) is 31.0 Å². The fourth-order valence-electron chi connectivity index (χ4n) is 4.03. The lowest BCUT2D eigenvalue weighted by Gasteiger charge is -2.32. The van der Waals surface area contributed by atoms with Gasteiger partial charge < -0.3 is 10.2 Å². The molecular weight excluding hydrogens is 412 g/mol. The number of imidazole rings is 1. The number of thiazole rings is 1. The molecule has 1 aliphatic heterocycles. The van der Waals surface area contributed by atoms with E-state index in [1.807, 2.05) is 41.4 Å². The molecule has 158 valence electrons. The maximum Gasteiger partial charge on any atom is 0.347 e. The van der Waals surface area contributed by atoms with Gasteiger partial charge in [0.15, 0.2) is 0 Å². The minimum atomic E-state index is -0.407. The highest BCUT2D eigenvalue weighted by Gasteiger charge is 2.29. The van der Waals surface area contributed by atoms with Crippen LogP contribution in [0.5, 0.6) is 0 Å². The van der Waals surface area contributed by atoms with E-state index in [1.165, 1.54) is 10.8 Å². The molecule has 1 saturated heterocycles. The molecule has 1 N–H and O–H groups in total. The zero-order chi connectivity index (χ0) is 21.2. The van der Waals surface area contributed by atoms with Crippen molar-refractivity contribution in [3.63, 3.8) is 0 Å². The quantitative estimate of drug-likeness (QED) is 0.522. The van der Waals surface area contributed by atoms with Crippen molar-refractivity contribution in [3.8, 4) is 0 Å². The number of hydrogen-bond donors (Lipinski definition) is 1. The van der Waals surface area contributed by atoms with Gasteiger partial charge in [-0.25, -0.2) is 14.8 Å². The number of benzene rings is 1. The maximum atomic E-state index is 12.9. The summed E-state index contributed by atoms with van der Waals surface area (Å²) in [7, 11) is 0. The van der Waals surface area contributed by atoms with Gasteiger partial charge in [0.25, 0.3) is 0 Å². The highest BCUT2D eigenvalue weighted by atomic mass is 32.1. The Morgan fingerprint density at radius 1 is 1.19 bits per heavy atom. The number of fused-ring (bicyclic) bond motifs is 1. The average molecular weight is 435 g/mol. The molecule has 0 unspecified atom stereocenters. The number of rotatable bonds is 5. The molecule has 9 heteroatoms. The molecule has 0 radical (unpaired) electrons. The van der Waals surface area contributed by atoms with Crippen LogP contribution < -0.4 is 11.0 Å². The molecule has 1 amide bonds. The van der Waals surface area contributed by atoms with Gasteiger partial charge in [0.2, 0.25) is 11.9 Å². The summed E-state index contributed by atoms with van der Waals surface area (Å²) in [5, 5.41) is 5.45. The number of amides is 1. The predicted octanol–water partition coefficient (Wildman–Crippen LogP) is 3.10. The summed E-state index contributed by atoms with van der Waals surface area (Å²) in [6.07, 6.45) is 6.94. The second kappa shape index (κ2) is 8.35. The van der Waals surface area contributed by atoms with E-state index < -0.39 is 5.69 Å². The van der Waals surface area contributed by atoms with E-state index in [-0.39, 0.29) is 18.4 Å². The number of nitrogens with zero attached hydrogens (tertiary/aromatic N) is 5. The number of carbonyl (C=O) groups excluding carboxylic acids is 1. The summed E-state index contributed by atoms with van der Waals surface area (Å²) in [4.78, 5) is 36.3. The average Bonchev–Trinajstić information content (AvgIpc) is 3.40. The molecule has 1 aromatic carbocycles. The molecule has 0 saturated carbocycles. The molecule has 31 heavy (non-hydrogen) atoms. The lowest BCUT2D eigenvalue weighted by Crippen LogP contribution is -2.42. The highest BCUT2D eigenvalue weighted by Crippen LogP contribution is 2.34. The number of nitrogens with one attached hydrogen (secondary N) is 1. The summed E-state index contributed by atoms with van der Waals surface area (Å²) < 4.78 is 3.42. The van der Waals surface area contributed by atoms with Gasteiger partial charge in [-0.15, -0.1) is 11.3 Å². The molecule has 1 fully saturated rings. The topological polar surface area (TPSA) is 84.5 Å². The number of para-hydroxylation sites is 1. The van der Waals surface area contributed by atoms with Crippen molar-refractivity contribution in [2.75, 3.05) is 18.4 Å². The van der Waals surface area contributed by atoms with Crippen LogP contribution >= 0.6 is 11.3 Å². The van der Waals surface area contributed by atoms with Gasteiger partial charge in [0.1, 0.15) is 11.4 Å². The molecule has 0 aliphatic carbocycles. The summed E-state index contributed by atoms with van der Waals surface area (Å²) in [5.74, 6) is 0.871. The Morgan fingerprint density at radius 2 is 2.06 bits per heavy atom. The third-order valence-corrected chi connectivity index (χ3v) is 6.45. The van der Waals surface area contributed by atoms with Gasteiger partial charge >= 0.3 is 5.69 Å². The van der Waals surface area contributed by atoms with Crippen molar-refractivity contribution in [2.24, 2.45) is 0 Å². The number of aromatic nitrogens is 4. The Bertz CT molecular complexity index is 1260. The Hall–Kier alpha value is -3.46. The van der Waals surface area contributed by atoms with Gasteiger partial charge in [-0.3, -0.25) is 13.8 Å². The van der Waals surface area contributed by atoms with Crippen molar-refractivity contribution in [3.05, 3.63) is 76.5 Å². The second-order valence-electron chi connectivity index (χ2n) is 7.60. The lowest BCUT2D eigenvalue weighted by molar-refractivity contribution is -0.133. The molecular formula is C22H22N6O2S. The van der Waals surface area contributed by atoms with Crippen LogP contribution in [-0.2, 0) is 11.3 Å². The molecule has 0 spiro atoms. The SMILES string of the molecule is O=C(Cn1cccnc1=O)N1CCC[C@@H](c2nc(Nc3ccccc3)n3ccsc23)C1. The summed E-state index contributed by atoms with van der Waals surface area (Å²) in [5.41, 5.74) is 1.59. The van der Waals surface area contributed by atoms with Crippen molar-refractivity contribution in [2.45, 2.75) is 25.3 Å². The zero-order valence-corrected chi connectivity index (χ0v) is 17.7. The molecule has 5 rings (SSSR count). The lowest BCUT2D eigenvalue weighted by atomic mass is 9.95. The number of likely N-dealkylation sites (tertiary alicyclic amines) is 1. The van der Waals surface area contributed by atoms with E-state index in [1.54, 1.807) is 23.6 Å². The van der Waals surface area contributed by atoms with E-state index in [0.29, 0.717) is 13.1 Å². The molecule has 4 heterocycles. The van der Waals surface area contributed by atoms with E-state index in [2.05, 4.69) is 20.1 Å². The zero-order valence-electron chi connectivity index (χ0n) is 16.8. The normalized spacial score (nSPS) is 16.5. The van der Waals surface area contributed by atoms with Crippen molar-refractivity contribution in [1.29, 1.82) is 0 Å². The third-order valence-electron chi connectivity index (χ3n) is 5.56. The molecule has 0 bridgehead atoms. The first-order valence-corrected chi connectivity index (χ1v) is 11.1. The number of hydrogen-bond acceptors (Lipinski definition) is 6. The van der Waals surface area contributed by atoms with Crippen LogP contribution in [0.15, 0.2) is 65.2 Å². The van der Waals surface area contributed by atoms with Gasteiger partial charge in [0.05, 0.1) is 5.69 Å². The number of piperidine rings is 1. The van der Waals surface area contributed by atoms with Gasteiger partial charge in [0, 0.05) is 48.7 Å². The van der Waals surface area contributed by atoms with Crippen molar-refractivity contribution >= 4 is 33.7 Å². The fraction of sp³-hybridized carbons (Fsp3) is 0.273. The molecule has 1 atom stereocenters. The monoisotopic (exact) mass is 434 g/mol. The highest BCUT2D eigenvalue weighted by molar-refractivity contribution is 7.15. The first kappa shape index (κ1) is 19.5. The summed E-state index contributed by atoms with van der Waals surface area (Å²) >= 11 is 1.66. The molecule has 3 aromatic heterocycles. The van der Waals surface area contributed by atoms with Crippen LogP contribution in [0.4, 0.5) is 11.6 Å². The van der Waals surface area contributed by atoms with Crippen LogP contribution in [0.25, 0.3) is 4.83 Å². The van der Waals surface area contributed by atoms with Crippen LogP contribution in [-0.4, -0.2) is 42.8 Å². The Kier molecular flexibility index (Phi) is 5.25. The minimum Gasteiger partial charge on any atom is -0.340 e. The Morgan fingerprint density at radius 3 is 2.90 bits per heavy atom. The van der Waals surface area contributed by atoms with E-state index in [4.69, 9.17) is 4.98 Å². The van der Waals surface area contributed by atoms with Gasteiger partial charge in [-0.1, -0.05) is 18.2 Å². The Balaban J connectivity index is 1.36. The molecule has 1 aliphatic rings. The van der Waals surface area contributed by atoms with Gasteiger partial charge in [-0.2, -0.15) is 0 Å². The van der Waals surface area contributed by atoms with Crippen LogP contribution in [0.2, 0.25) is 0 Å². The van der Waals surface area contributed by atoms with Crippen molar-refractivity contribution < 1.29 is 4.79 Å². The predicted molar refractivity (Wildman–Crippen MR) is 120 cm³/mol. The second-order valence-corrected chi connectivity index (χ2v) is 8.49.